The second-order valence-corrected chi connectivity index (χ2v) is 8.21. The lowest BCUT2D eigenvalue weighted by Gasteiger charge is -1.99. The Morgan fingerprint density at radius 1 is 1.33 bits per heavy atom. The summed E-state index contributed by atoms with van der Waals surface area (Å²) in [6.07, 6.45) is 3.17. The second kappa shape index (κ2) is 7.21. The van der Waals surface area contributed by atoms with Gasteiger partial charge in [-0.05, 0) is 6.42 Å². The fraction of sp³-hybridized carbons (Fsp3) is 0.583. The van der Waals surface area contributed by atoms with E-state index in [2.05, 4.69) is 10.1 Å². The van der Waals surface area contributed by atoms with Crippen LogP contribution in [0.2, 0.25) is 0 Å². The third kappa shape index (κ3) is 3.53. The first-order chi connectivity index (χ1) is 11.3. The van der Waals surface area contributed by atoms with Gasteiger partial charge in [-0.3, -0.25) is 14.9 Å². The molecule has 2 aromatic rings. The first kappa shape index (κ1) is 18.3. The molecule has 0 aromatic carbocycles. The van der Waals surface area contributed by atoms with Crippen molar-refractivity contribution < 1.29 is 18.1 Å². The molecule has 0 aliphatic heterocycles. The third-order valence-electron chi connectivity index (χ3n) is 3.24. The fourth-order valence-electron chi connectivity index (χ4n) is 2.03. The van der Waals surface area contributed by atoms with E-state index >= 15 is 0 Å². The molecule has 0 atom stereocenters. The summed E-state index contributed by atoms with van der Waals surface area (Å²) in [5.74, 6) is -0.568. The first-order valence-electron chi connectivity index (χ1n) is 7.16. The molecule has 0 radical (unpaired) electrons. The van der Waals surface area contributed by atoms with Crippen molar-refractivity contribution in [3.8, 4) is 5.88 Å². The molecule has 0 bridgehead atoms. The van der Waals surface area contributed by atoms with Crippen molar-refractivity contribution in [1.82, 2.24) is 14.6 Å². The number of fused-ring (bicyclic) bond motifs is 1. The third-order valence-corrected chi connectivity index (χ3v) is 6.40. The van der Waals surface area contributed by atoms with Crippen LogP contribution in [-0.4, -0.2) is 40.8 Å². The minimum absolute atomic E-state index is 0.0745. The average molecular weight is 376 g/mol. The monoisotopic (exact) mass is 376 g/mol. The molecule has 2 heterocycles. The zero-order chi connectivity index (χ0) is 17.9. The number of nitrogens with zero attached hydrogens (tertiary/aromatic N) is 4. The van der Waals surface area contributed by atoms with Gasteiger partial charge in [0.25, 0.3) is 0 Å². The maximum absolute atomic E-state index is 12.3. The van der Waals surface area contributed by atoms with Gasteiger partial charge >= 0.3 is 17.1 Å². The van der Waals surface area contributed by atoms with E-state index in [9.17, 15) is 23.3 Å². The van der Waals surface area contributed by atoms with Crippen molar-refractivity contribution in [3.63, 3.8) is 0 Å². The van der Waals surface area contributed by atoms with Crippen LogP contribution in [0.1, 0.15) is 32.6 Å². The van der Waals surface area contributed by atoms with Crippen molar-refractivity contribution in [2.45, 2.75) is 36.9 Å². The Morgan fingerprint density at radius 2 is 2.04 bits per heavy atom. The van der Waals surface area contributed by atoms with Crippen LogP contribution in [0, 0.1) is 10.1 Å². The van der Waals surface area contributed by atoms with Crippen molar-refractivity contribution in [2.24, 2.45) is 0 Å². The van der Waals surface area contributed by atoms with Gasteiger partial charge in [-0.2, -0.15) is 9.50 Å². The Kier molecular flexibility index (Phi) is 5.49. The highest BCUT2D eigenvalue weighted by Crippen LogP contribution is 2.25. The molecule has 0 saturated carbocycles. The lowest BCUT2D eigenvalue weighted by atomic mass is 10.2. The molecule has 2 aromatic heterocycles. The summed E-state index contributed by atoms with van der Waals surface area (Å²) in [5.41, 5.74) is -1.96. The van der Waals surface area contributed by atoms with Crippen LogP contribution in [0.15, 0.2) is 9.13 Å². The van der Waals surface area contributed by atoms with E-state index in [1.165, 1.54) is 0 Å². The number of ether oxygens (including phenoxy) is 1. The Balaban J connectivity index is 2.46. The van der Waals surface area contributed by atoms with Crippen LogP contribution in [0.5, 0.6) is 5.88 Å². The summed E-state index contributed by atoms with van der Waals surface area (Å²) in [6, 6.07) is 0. The Morgan fingerprint density at radius 3 is 2.62 bits per heavy atom. The maximum atomic E-state index is 12.3. The minimum atomic E-state index is -3.68. The van der Waals surface area contributed by atoms with Gasteiger partial charge in [-0.25, -0.2) is 8.42 Å². The molecule has 12 heteroatoms. The molecule has 0 aliphatic carbocycles. The lowest BCUT2D eigenvalue weighted by molar-refractivity contribution is -0.387. The van der Waals surface area contributed by atoms with E-state index in [1.807, 2.05) is 6.92 Å². The Labute approximate surface area is 141 Å². The van der Waals surface area contributed by atoms with Gasteiger partial charge in [0.2, 0.25) is 19.1 Å². The number of sulfone groups is 1. The molecule has 0 aliphatic rings. The lowest BCUT2D eigenvalue weighted by Crippen LogP contribution is -2.20. The zero-order valence-corrected chi connectivity index (χ0v) is 14.7. The van der Waals surface area contributed by atoms with Crippen molar-refractivity contribution in [3.05, 3.63) is 20.5 Å². The van der Waals surface area contributed by atoms with Gasteiger partial charge in [0.15, 0.2) is 0 Å². The van der Waals surface area contributed by atoms with Crippen LogP contribution < -0.4 is 10.3 Å². The van der Waals surface area contributed by atoms with Crippen molar-refractivity contribution in [2.75, 3.05) is 12.9 Å². The number of methoxy groups -OCH3 is 1. The number of hydrogen-bond donors (Lipinski definition) is 0. The molecule has 24 heavy (non-hydrogen) atoms. The molecule has 0 fully saturated rings. The Bertz CT molecular complexity index is 918. The molecule has 0 saturated heterocycles. The first-order valence-corrected chi connectivity index (χ1v) is 9.63. The summed E-state index contributed by atoms with van der Waals surface area (Å²) in [4.78, 5) is 25.9. The number of unbranched alkanes of at least 4 members (excludes halogenated alkanes) is 3. The van der Waals surface area contributed by atoms with Crippen LogP contribution in [0.4, 0.5) is 5.69 Å². The average Bonchev–Trinajstić information content (AvgIpc) is 2.96. The number of rotatable bonds is 8. The molecule has 0 spiro atoms. The SMILES string of the molecule is CCCCCCS(=O)(=O)c1nn2c(=O)c([N+](=O)[O-])c(OC)nc2s1. The van der Waals surface area contributed by atoms with Crippen molar-refractivity contribution >= 4 is 31.8 Å². The van der Waals surface area contributed by atoms with E-state index in [4.69, 9.17) is 4.74 Å². The molecular weight excluding hydrogens is 360 g/mol. The molecule has 0 unspecified atom stereocenters. The molecular formula is C12H16N4O6S2. The predicted molar refractivity (Wildman–Crippen MR) is 86.5 cm³/mol. The number of aromatic nitrogens is 3. The normalized spacial score (nSPS) is 11.8. The number of nitro groups is 1. The van der Waals surface area contributed by atoms with E-state index in [1.54, 1.807) is 0 Å². The summed E-state index contributed by atoms with van der Waals surface area (Å²) in [7, 11) is -2.54. The van der Waals surface area contributed by atoms with Crippen LogP contribution in [0.3, 0.4) is 0 Å². The van der Waals surface area contributed by atoms with Crippen LogP contribution in [-0.2, 0) is 9.84 Å². The highest BCUT2D eigenvalue weighted by molar-refractivity contribution is 7.93. The van der Waals surface area contributed by atoms with E-state index in [0.29, 0.717) is 22.3 Å². The minimum Gasteiger partial charge on any atom is -0.476 e. The smallest absolute Gasteiger partial charge is 0.397 e. The van der Waals surface area contributed by atoms with E-state index < -0.39 is 31.9 Å². The summed E-state index contributed by atoms with van der Waals surface area (Å²) >= 11 is 0.682. The fourth-order valence-corrected chi connectivity index (χ4v) is 4.59. The number of hydrogen-bond acceptors (Lipinski definition) is 9. The highest BCUT2D eigenvalue weighted by Gasteiger charge is 2.28. The zero-order valence-electron chi connectivity index (χ0n) is 13.1. The standard InChI is InChI=1S/C12H16N4O6S2/c1-3-4-5-6-7-24(20,21)12-14-15-10(17)8(16(18)19)9(22-2)13-11(15)23-12/h3-7H2,1-2H3. The Hall–Kier alpha value is -2.08. The summed E-state index contributed by atoms with van der Waals surface area (Å²) in [6.45, 7) is 2.01. The maximum Gasteiger partial charge on any atom is 0.397 e. The second-order valence-electron chi connectivity index (χ2n) is 4.97. The van der Waals surface area contributed by atoms with E-state index in [0.717, 1.165) is 26.4 Å². The van der Waals surface area contributed by atoms with Gasteiger partial charge < -0.3 is 4.74 Å². The summed E-state index contributed by atoms with van der Waals surface area (Å²) < 4.78 is 29.7. The van der Waals surface area contributed by atoms with Crippen LogP contribution in [0.25, 0.3) is 4.96 Å². The van der Waals surface area contributed by atoms with E-state index in [-0.39, 0.29) is 15.1 Å². The van der Waals surface area contributed by atoms with Gasteiger partial charge in [0.1, 0.15) is 0 Å². The van der Waals surface area contributed by atoms with Gasteiger partial charge in [-0.15, -0.1) is 5.10 Å². The van der Waals surface area contributed by atoms with Gasteiger partial charge in [0.05, 0.1) is 17.8 Å². The van der Waals surface area contributed by atoms with Gasteiger partial charge in [-0.1, -0.05) is 37.5 Å². The van der Waals surface area contributed by atoms with Gasteiger partial charge in [0, 0.05) is 0 Å². The molecule has 0 N–H and O–H groups in total. The largest absolute Gasteiger partial charge is 0.476 e. The molecule has 132 valence electrons. The van der Waals surface area contributed by atoms with Crippen molar-refractivity contribution in [1.29, 1.82) is 0 Å². The molecule has 0 amide bonds. The van der Waals surface area contributed by atoms with Crippen LogP contribution >= 0.6 is 11.3 Å². The topological polar surface area (TPSA) is 134 Å². The highest BCUT2D eigenvalue weighted by atomic mass is 32.2. The summed E-state index contributed by atoms with van der Waals surface area (Å²) in [5, 5.41) is 14.7. The molecule has 2 rings (SSSR count). The quantitative estimate of drug-likeness (QED) is 0.383. The predicted octanol–water partition coefficient (Wildman–Crippen LogP) is 1.42. The molecule has 10 nitrogen and oxygen atoms in total.